The van der Waals surface area contributed by atoms with Crippen molar-refractivity contribution in [2.45, 2.75) is 12.4 Å². The van der Waals surface area contributed by atoms with Gasteiger partial charge in [0.15, 0.2) is 18.1 Å². The lowest BCUT2D eigenvalue weighted by Crippen LogP contribution is -2.41. The van der Waals surface area contributed by atoms with E-state index in [1.54, 1.807) is 29.2 Å². The van der Waals surface area contributed by atoms with Crippen LogP contribution < -0.4 is 9.64 Å². The van der Waals surface area contributed by atoms with Crippen LogP contribution in [0, 0.1) is 0 Å². The van der Waals surface area contributed by atoms with E-state index in [4.69, 9.17) is 14.2 Å². The molecular weight excluding hydrogens is 670 g/mol. The first-order valence-corrected chi connectivity index (χ1v) is 15.5. The second-order valence-corrected chi connectivity index (χ2v) is 11.6. The topological polar surface area (TPSA) is 77.5 Å². The number of halogens is 6. The Bertz CT molecular complexity index is 1890. The van der Waals surface area contributed by atoms with Gasteiger partial charge in [-0.05, 0) is 70.8 Å². The van der Waals surface area contributed by atoms with Gasteiger partial charge in [-0.15, -0.1) is 0 Å². The molecule has 1 fully saturated rings. The van der Waals surface area contributed by atoms with E-state index in [9.17, 15) is 35.9 Å². The van der Waals surface area contributed by atoms with Gasteiger partial charge in [-0.1, -0.05) is 30.3 Å². The van der Waals surface area contributed by atoms with E-state index in [-0.39, 0.29) is 33.7 Å². The van der Waals surface area contributed by atoms with Crippen molar-refractivity contribution in [1.82, 2.24) is 4.90 Å². The van der Waals surface area contributed by atoms with Gasteiger partial charge in [0.1, 0.15) is 0 Å². The fourth-order valence-corrected chi connectivity index (χ4v) is 5.85. The summed E-state index contributed by atoms with van der Waals surface area (Å²) in [7, 11) is 1.20. The quantitative estimate of drug-likeness (QED) is 0.135. The first-order valence-electron chi connectivity index (χ1n) is 15.5. The Morgan fingerprint density at radius 3 is 2.10 bits per heavy atom. The Labute approximate surface area is 282 Å². The number of hydrogen-bond donors (Lipinski definition) is 0. The molecule has 1 saturated heterocycles. The van der Waals surface area contributed by atoms with E-state index in [1.165, 1.54) is 55.6 Å². The minimum atomic E-state index is -4.74. The summed E-state index contributed by atoms with van der Waals surface area (Å²) < 4.78 is 103. The molecule has 0 amide bonds. The highest BCUT2D eigenvalue weighted by Crippen LogP contribution is 2.52. The predicted octanol–water partition coefficient (Wildman–Crippen LogP) is 8.12. The number of ether oxygens (including phenoxy) is 4. The van der Waals surface area contributed by atoms with Gasteiger partial charge in [0, 0.05) is 26.2 Å². The molecule has 0 aromatic heterocycles. The molecule has 6 rings (SSSR count). The number of esters is 2. The maximum absolute atomic E-state index is 14.7. The lowest BCUT2D eigenvalue weighted by atomic mass is 9.95. The molecule has 2 aliphatic heterocycles. The first kappa shape index (κ1) is 34.8. The average molecular weight is 701 g/mol. The maximum Gasteiger partial charge on any atom is 0.422 e. The second kappa shape index (κ2) is 14.0. The highest BCUT2D eigenvalue weighted by atomic mass is 19.4. The van der Waals surface area contributed by atoms with Crippen LogP contribution in [0.5, 0.6) is 11.5 Å². The highest BCUT2D eigenvalue weighted by molar-refractivity contribution is 5.92. The van der Waals surface area contributed by atoms with Crippen molar-refractivity contribution in [3.05, 3.63) is 95.6 Å². The summed E-state index contributed by atoms with van der Waals surface area (Å²) in [6.45, 7) is 1.52. The number of benzene rings is 4. The Balaban J connectivity index is 1.40. The van der Waals surface area contributed by atoms with Crippen molar-refractivity contribution >= 4 is 23.3 Å². The van der Waals surface area contributed by atoms with Crippen molar-refractivity contribution in [3.63, 3.8) is 0 Å². The number of hydrogen-bond acceptors (Lipinski definition) is 8. The van der Waals surface area contributed by atoms with Gasteiger partial charge in [-0.25, -0.2) is 9.59 Å². The molecule has 262 valence electrons. The maximum atomic E-state index is 14.7. The standard InChI is InChI=1S/C36H30F6N2O6/c1-47-33(45)23-7-5-22(6-8-23)27-19-32-30(20-28(27)36(40,41)42)44(12-11-43-13-15-48-16-14-43)29-10-9-25(18-31(29)50-32)24-3-2-4-26(17-24)34(46)49-21-35(37,38)39/h2-10,17-20H,11-16,21H2,1H3. The van der Waals surface area contributed by atoms with Gasteiger partial charge in [-0.2, -0.15) is 26.3 Å². The number of carbonyl (C=O) groups excluding carboxylic acids is 2. The van der Waals surface area contributed by atoms with E-state index >= 15 is 0 Å². The van der Waals surface area contributed by atoms with Gasteiger partial charge < -0.3 is 23.8 Å². The van der Waals surface area contributed by atoms with E-state index in [0.717, 1.165) is 6.07 Å². The monoisotopic (exact) mass is 700 g/mol. The predicted molar refractivity (Wildman–Crippen MR) is 171 cm³/mol. The van der Waals surface area contributed by atoms with Gasteiger partial charge in [-0.3, -0.25) is 4.90 Å². The fourth-order valence-electron chi connectivity index (χ4n) is 5.85. The first-order chi connectivity index (χ1) is 23.8. The van der Waals surface area contributed by atoms with Crippen molar-refractivity contribution < 1.29 is 54.9 Å². The average Bonchev–Trinajstić information content (AvgIpc) is 3.11. The summed E-state index contributed by atoms with van der Waals surface area (Å²) in [6, 6.07) is 18.9. The third-order valence-corrected chi connectivity index (χ3v) is 8.32. The number of morpholine rings is 1. The Morgan fingerprint density at radius 1 is 0.740 bits per heavy atom. The number of alkyl halides is 6. The largest absolute Gasteiger partial charge is 0.465 e. The summed E-state index contributed by atoms with van der Waals surface area (Å²) in [5, 5.41) is 0. The summed E-state index contributed by atoms with van der Waals surface area (Å²) in [4.78, 5) is 28.2. The third kappa shape index (κ3) is 7.71. The van der Waals surface area contributed by atoms with Crippen LogP contribution in [0.25, 0.3) is 22.3 Å². The van der Waals surface area contributed by atoms with Crippen LogP contribution in [0.3, 0.4) is 0 Å². The molecule has 0 radical (unpaired) electrons. The molecule has 0 spiro atoms. The van der Waals surface area contributed by atoms with Gasteiger partial charge in [0.05, 0.1) is 48.4 Å². The van der Waals surface area contributed by atoms with E-state index < -0.39 is 36.5 Å². The number of fused-ring (bicyclic) bond motifs is 2. The summed E-state index contributed by atoms with van der Waals surface area (Å²) >= 11 is 0. The number of rotatable bonds is 8. The lowest BCUT2D eigenvalue weighted by molar-refractivity contribution is -0.161. The zero-order valence-corrected chi connectivity index (χ0v) is 26.6. The Kier molecular flexibility index (Phi) is 9.76. The lowest BCUT2D eigenvalue weighted by Gasteiger charge is -2.36. The van der Waals surface area contributed by atoms with E-state index in [2.05, 4.69) is 9.64 Å². The smallest absolute Gasteiger partial charge is 0.422 e. The van der Waals surface area contributed by atoms with Crippen molar-refractivity contribution in [3.8, 4) is 33.8 Å². The number of anilines is 2. The van der Waals surface area contributed by atoms with Crippen LogP contribution in [-0.4, -0.2) is 76.1 Å². The molecule has 0 unspecified atom stereocenters. The van der Waals surface area contributed by atoms with E-state index in [1.807, 2.05) is 0 Å². The van der Waals surface area contributed by atoms with Crippen molar-refractivity contribution in [1.29, 1.82) is 0 Å². The van der Waals surface area contributed by atoms with Crippen LogP contribution in [-0.2, 0) is 20.4 Å². The molecule has 8 nitrogen and oxygen atoms in total. The van der Waals surface area contributed by atoms with Crippen LogP contribution in [0.4, 0.5) is 37.7 Å². The molecule has 0 N–H and O–H groups in total. The highest BCUT2D eigenvalue weighted by Gasteiger charge is 2.37. The zero-order chi connectivity index (χ0) is 35.6. The number of methoxy groups -OCH3 is 1. The molecule has 2 aliphatic rings. The van der Waals surface area contributed by atoms with Gasteiger partial charge >= 0.3 is 24.3 Å². The molecule has 14 heteroatoms. The van der Waals surface area contributed by atoms with Gasteiger partial charge in [0.2, 0.25) is 0 Å². The molecule has 0 bridgehead atoms. The summed E-state index contributed by atoms with van der Waals surface area (Å²) in [6.07, 6.45) is -9.42. The molecular formula is C36H30F6N2O6. The Hall–Kier alpha value is -5.08. The zero-order valence-electron chi connectivity index (χ0n) is 26.6. The third-order valence-electron chi connectivity index (χ3n) is 8.32. The van der Waals surface area contributed by atoms with Crippen LogP contribution in [0.2, 0.25) is 0 Å². The summed E-state index contributed by atoms with van der Waals surface area (Å²) in [5.74, 6) is -1.31. The van der Waals surface area contributed by atoms with Crippen LogP contribution >= 0.6 is 0 Å². The molecule has 50 heavy (non-hydrogen) atoms. The summed E-state index contributed by atoms with van der Waals surface area (Å²) in [5.41, 5.74) is 0.942. The van der Waals surface area contributed by atoms with Crippen molar-refractivity contribution in [2.24, 2.45) is 0 Å². The molecule has 0 aliphatic carbocycles. The van der Waals surface area contributed by atoms with E-state index in [0.29, 0.717) is 62.0 Å². The number of nitrogens with zero attached hydrogens (tertiary/aromatic N) is 2. The fraction of sp³-hybridized carbons (Fsp3) is 0.278. The molecule has 0 atom stereocenters. The normalized spacial score (nSPS) is 14.7. The molecule has 0 saturated carbocycles. The van der Waals surface area contributed by atoms with Gasteiger partial charge in [0.25, 0.3) is 0 Å². The van der Waals surface area contributed by atoms with Crippen LogP contribution in [0.1, 0.15) is 26.3 Å². The second-order valence-electron chi connectivity index (χ2n) is 11.6. The minimum Gasteiger partial charge on any atom is -0.465 e. The molecule has 2 heterocycles. The molecule has 4 aromatic rings. The molecule has 4 aromatic carbocycles. The minimum absolute atomic E-state index is 0.0922. The van der Waals surface area contributed by atoms with Crippen LogP contribution in [0.15, 0.2) is 78.9 Å². The Morgan fingerprint density at radius 2 is 1.42 bits per heavy atom. The number of carbonyl (C=O) groups is 2. The van der Waals surface area contributed by atoms with Crippen molar-refractivity contribution in [2.75, 3.05) is 58.0 Å². The SMILES string of the molecule is COC(=O)c1ccc(-c2cc3c(cc2C(F)(F)F)N(CCN2CCOCC2)c2ccc(-c4cccc(C(=O)OCC(F)(F)F)c4)cc2O3)cc1.